The maximum Gasteiger partial charge on any atom is 0.387 e. The van der Waals surface area contributed by atoms with Crippen molar-refractivity contribution in [3.63, 3.8) is 0 Å². The molecule has 0 saturated carbocycles. The first-order valence-corrected chi connectivity index (χ1v) is 6.68. The van der Waals surface area contributed by atoms with E-state index in [1.165, 1.54) is 24.3 Å². The van der Waals surface area contributed by atoms with Crippen LogP contribution in [0.3, 0.4) is 0 Å². The third kappa shape index (κ3) is 3.78. The van der Waals surface area contributed by atoms with Crippen molar-refractivity contribution in [2.45, 2.75) is 27.4 Å². The Morgan fingerprint density at radius 2 is 1.82 bits per heavy atom. The number of amides is 1. The third-order valence-corrected chi connectivity index (χ3v) is 3.11. The van der Waals surface area contributed by atoms with Gasteiger partial charge in [0.15, 0.2) is 0 Å². The second kappa shape index (κ2) is 6.51. The van der Waals surface area contributed by atoms with Crippen LogP contribution < -0.4 is 10.1 Å². The predicted molar refractivity (Wildman–Crippen MR) is 79.5 cm³/mol. The second-order valence-electron chi connectivity index (χ2n) is 4.90. The van der Waals surface area contributed by atoms with Crippen molar-refractivity contribution >= 4 is 11.6 Å². The molecule has 2 aromatic rings. The van der Waals surface area contributed by atoms with E-state index in [-0.39, 0.29) is 11.7 Å². The van der Waals surface area contributed by atoms with Gasteiger partial charge in [0.2, 0.25) is 0 Å². The van der Waals surface area contributed by atoms with E-state index >= 15 is 0 Å². The molecule has 1 N–H and O–H groups in total. The summed E-state index contributed by atoms with van der Waals surface area (Å²) in [6.45, 7) is 2.70. The Kier molecular flexibility index (Phi) is 4.70. The van der Waals surface area contributed by atoms with Crippen LogP contribution >= 0.6 is 0 Å². The number of alkyl halides is 2. The topological polar surface area (TPSA) is 51.2 Å². The first kappa shape index (κ1) is 15.9. The maximum atomic E-state index is 12.2. The average Bonchev–Trinajstić information content (AvgIpc) is 2.42. The van der Waals surface area contributed by atoms with Crippen LogP contribution in [0.2, 0.25) is 0 Å². The molecule has 0 radical (unpaired) electrons. The third-order valence-electron chi connectivity index (χ3n) is 3.11. The van der Waals surface area contributed by atoms with Gasteiger partial charge in [-0.3, -0.25) is 9.78 Å². The Balaban J connectivity index is 2.16. The molecule has 0 saturated heterocycles. The van der Waals surface area contributed by atoms with Gasteiger partial charge in [0, 0.05) is 11.3 Å². The number of hydrogen-bond donors (Lipinski definition) is 1. The van der Waals surface area contributed by atoms with Crippen molar-refractivity contribution in [1.29, 1.82) is 0 Å². The van der Waals surface area contributed by atoms with Crippen molar-refractivity contribution in [2.24, 2.45) is 0 Å². The van der Waals surface area contributed by atoms with Gasteiger partial charge in [0.1, 0.15) is 5.75 Å². The molecule has 0 atom stereocenters. The van der Waals surface area contributed by atoms with Crippen LogP contribution in [0.4, 0.5) is 14.5 Å². The number of aromatic nitrogens is 1. The number of carbonyl (C=O) groups excluding carboxylic acids is 1. The molecule has 4 nitrogen and oxygen atoms in total. The summed E-state index contributed by atoms with van der Waals surface area (Å²) < 4.78 is 28.4. The second-order valence-corrected chi connectivity index (χ2v) is 4.90. The van der Waals surface area contributed by atoms with Gasteiger partial charge in [0.05, 0.1) is 11.4 Å². The summed E-state index contributed by atoms with van der Waals surface area (Å²) in [6, 6.07) is 7.39. The number of carbonyl (C=O) groups is 1. The number of aryl methyl sites for hydroxylation is 3. The van der Waals surface area contributed by atoms with E-state index in [0.29, 0.717) is 11.3 Å². The molecular formula is C16H16F2N2O2. The lowest BCUT2D eigenvalue weighted by Crippen LogP contribution is -2.14. The molecule has 0 aliphatic rings. The fraction of sp³-hybridized carbons (Fsp3) is 0.250. The molecule has 116 valence electrons. The van der Waals surface area contributed by atoms with Crippen molar-refractivity contribution in [1.82, 2.24) is 4.98 Å². The largest absolute Gasteiger partial charge is 0.435 e. The van der Waals surface area contributed by atoms with Crippen molar-refractivity contribution < 1.29 is 18.3 Å². The number of halogens is 2. The summed E-state index contributed by atoms with van der Waals surface area (Å²) in [6.07, 6.45) is 0. The summed E-state index contributed by atoms with van der Waals surface area (Å²) >= 11 is 0. The van der Waals surface area contributed by atoms with Crippen molar-refractivity contribution in [2.75, 3.05) is 5.32 Å². The minimum absolute atomic E-state index is 0.0101. The van der Waals surface area contributed by atoms with Crippen LogP contribution in [0.25, 0.3) is 0 Å². The fourth-order valence-corrected chi connectivity index (χ4v) is 2.19. The Bertz CT molecular complexity index is 662. The molecule has 0 aliphatic carbocycles. The minimum Gasteiger partial charge on any atom is -0.435 e. The van der Waals surface area contributed by atoms with Gasteiger partial charge in [-0.1, -0.05) is 0 Å². The van der Waals surface area contributed by atoms with Crippen LogP contribution in [0.1, 0.15) is 27.3 Å². The SMILES string of the molecule is Cc1cc(C)c(NC(=O)c2ccc(OC(F)F)cc2)c(C)n1. The minimum atomic E-state index is -2.89. The first-order chi connectivity index (χ1) is 10.4. The molecule has 0 aliphatic heterocycles. The van der Waals surface area contributed by atoms with E-state index in [9.17, 15) is 13.6 Å². The zero-order valence-corrected chi connectivity index (χ0v) is 12.5. The Hall–Kier alpha value is -2.50. The molecule has 22 heavy (non-hydrogen) atoms. The maximum absolute atomic E-state index is 12.2. The Labute approximate surface area is 127 Å². The summed E-state index contributed by atoms with van der Waals surface area (Å²) in [7, 11) is 0. The van der Waals surface area contributed by atoms with Crippen LogP contribution in [0, 0.1) is 20.8 Å². The molecule has 1 amide bonds. The molecule has 1 aromatic heterocycles. The van der Waals surface area contributed by atoms with E-state index in [0.717, 1.165) is 17.0 Å². The predicted octanol–water partition coefficient (Wildman–Crippen LogP) is 3.86. The van der Waals surface area contributed by atoms with Gasteiger partial charge in [-0.15, -0.1) is 0 Å². The highest BCUT2D eigenvalue weighted by Gasteiger charge is 2.12. The van der Waals surface area contributed by atoms with Crippen LogP contribution in [0.15, 0.2) is 30.3 Å². The number of benzene rings is 1. The van der Waals surface area contributed by atoms with Crippen molar-refractivity contribution in [3.8, 4) is 5.75 Å². The number of rotatable bonds is 4. The van der Waals surface area contributed by atoms with Gasteiger partial charge in [-0.25, -0.2) is 0 Å². The summed E-state index contributed by atoms with van der Waals surface area (Å²) in [4.78, 5) is 16.5. The van der Waals surface area contributed by atoms with E-state index < -0.39 is 6.61 Å². The lowest BCUT2D eigenvalue weighted by Gasteiger charge is -2.12. The van der Waals surface area contributed by atoms with Gasteiger partial charge in [-0.2, -0.15) is 8.78 Å². The van der Waals surface area contributed by atoms with Gasteiger partial charge in [-0.05, 0) is 56.7 Å². The molecular weight excluding hydrogens is 290 g/mol. The Morgan fingerprint density at radius 3 is 2.36 bits per heavy atom. The summed E-state index contributed by atoms with van der Waals surface area (Å²) in [5.41, 5.74) is 3.52. The number of nitrogens with one attached hydrogen (secondary N) is 1. The molecule has 1 heterocycles. The molecule has 0 spiro atoms. The highest BCUT2D eigenvalue weighted by molar-refractivity contribution is 6.05. The standard InChI is InChI=1S/C16H16F2N2O2/c1-9-8-10(2)19-11(3)14(9)20-15(21)12-4-6-13(7-5-12)22-16(17)18/h4-8,16H,1-3H3,(H,20,21). The molecule has 2 rings (SSSR count). The van der Waals surface area contributed by atoms with Crippen LogP contribution in [-0.4, -0.2) is 17.5 Å². The zero-order chi connectivity index (χ0) is 16.3. The number of ether oxygens (including phenoxy) is 1. The number of pyridine rings is 1. The summed E-state index contributed by atoms with van der Waals surface area (Å²) in [5.74, 6) is -0.323. The number of hydrogen-bond acceptors (Lipinski definition) is 3. The van der Waals surface area contributed by atoms with Gasteiger partial charge in [0.25, 0.3) is 5.91 Å². The van der Waals surface area contributed by atoms with E-state index in [2.05, 4.69) is 15.0 Å². The summed E-state index contributed by atoms with van der Waals surface area (Å²) in [5, 5.41) is 2.79. The normalized spacial score (nSPS) is 10.6. The molecule has 6 heteroatoms. The quantitative estimate of drug-likeness (QED) is 0.933. The van der Waals surface area contributed by atoms with E-state index in [1.807, 2.05) is 26.8 Å². The molecule has 0 unspecified atom stereocenters. The molecule has 0 bridgehead atoms. The van der Waals surface area contributed by atoms with Crippen molar-refractivity contribution in [3.05, 3.63) is 52.8 Å². The molecule has 1 aromatic carbocycles. The van der Waals surface area contributed by atoms with Crippen LogP contribution in [0.5, 0.6) is 5.75 Å². The monoisotopic (exact) mass is 306 g/mol. The lowest BCUT2D eigenvalue weighted by atomic mass is 10.1. The fourth-order valence-electron chi connectivity index (χ4n) is 2.19. The van der Waals surface area contributed by atoms with Gasteiger partial charge < -0.3 is 10.1 Å². The molecule has 0 fully saturated rings. The average molecular weight is 306 g/mol. The number of nitrogens with zero attached hydrogens (tertiary/aromatic N) is 1. The smallest absolute Gasteiger partial charge is 0.387 e. The Morgan fingerprint density at radius 1 is 1.18 bits per heavy atom. The van der Waals surface area contributed by atoms with Crippen LogP contribution in [-0.2, 0) is 0 Å². The van der Waals surface area contributed by atoms with Gasteiger partial charge >= 0.3 is 6.61 Å². The highest BCUT2D eigenvalue weighted by Crippen LogP contribution is 2.21. The van der Waals surface area contributed by atoms with E-state index in [1.54, 1.807) is 0 Å². The zero-order valence-electron chi connectivity index (χ0n) is 12.5. The lowest BCUT2D eigenvalue weighted by molar-refractivity contribution is -0.0498. The first-order valence-electron chi connectivity index (χ1n) is 6.68. The highest BCUT2D eigenvalue weighted by atomic mass is 19.3. The number of anilines is 1. The van der Waals surface area contributed by atoms with E-state index in [4.69, 9.17) is 0 Å².